The third-order valence-corrected chi connectivity index (χ3v) is 4.82. The number of thioether (sulfide) groups is 1. The lowest BCUT2D eigenvalue weighted by Crippen LogP contribution is -2.24. The quantitative estimate of drug-likeness (QED) is 0.381. The van der Waals surface area contributed by atoms with Gasteiger partial charge in [0.05, 0.1) is 29.0 Å². The lowest BCUT2D eigenvalue weighted by molar-refractivity contribution is -0.255. The number of aromatic carboxylic acids is 1. The van der Waals surface area contributed by atoms with Gasteiger partial charge in [-0.05, 0) is 19.1 Å². The summed E-state index contributed by atoms with van der Waals surface area (Å²) >= 11 is 1.32. The van der Waals surface area contributed by atoms with Crippen LogP contribution in [0.1, 0.15) is 22.8 Å². The Hall–Kier alpha value is -3.13. The first-order valence-corrected chi connectivity index (χ1v) is 9.29. The van der Waals surface area contributed by atoms with Crippen LogP contribution in [-0.4, -0.2) is 33.4 Å². The van der Waals surface area contributed by atoms with E-state index in [1.165, 1.54) is 24.0 Å². The number of carboxylic acid groups (broad SMARTS) is 1. The van der Waals surface area contributed by atoms with Crippen LogP contribution < -0.4 is 10.5 Å². The molecule has 0 bridgehead atoms. The molecule has 0 aliphatic heterocycles. The summed E-state index contributed by atoms with van der Waals surface area (Å²) < 4.78 is 2.05. The first-order chi connectivity index (χ1) is 13.1. The molecule has 2 aromatic carbocycles. The topological polar surface area (TPSA) is 99.4 Å². The average Bonchev–Trinajstić information content (AvgIpc) is 3.04. The summed E-state index contributed by atoms with van der Waals surface area (Å²) in [7, 11) is 0. The summed E-state index contributed by atoms with van der Waals surface area (Å²) in [4.78, 5) is 27.6. The van der Waals surface area contributed by atoms with E-state index >= 15 is 0 Å². The van der Waals surface area contributed by atoms with Crippen LogP contribution in [0.25, 0.3) is 11.0 Å². The molecule has 0 unspecified atom stereocenters. The van der Waals surface area contributed by atoms with Crippen LogP contribution in [0.4, 0.5) is 0 Å². The number of rotatable bonds is 7. The van der Waals surface area contributed by atoms with Crippen molar-refractivity contribution < 1.29 is 14.7 Å². The third-order valence-electron chi connectivity index (χ3n) is 3.84. The van der Waals surface area contributed by atoms with Crippen LogP contribution in [0.3, 0.4) is 0 Å². The summed E-state index contributed by atoms with van der Waals surface area (Å²) in [5.74, 6) is -1.46. The highest BCUT2D eigenvalue weighted by molar-refractivity contribution is 7.99. The Balaban J connectivity index is 1.62. The number of carbonyl (C=O) groups excluding carboxylic acids is 2. The zero-order valence-corrected chi connectivity index (χ0v) is 15.4. The van der Waals surface area contributed by atoms with Crippen molar-refractivity contribution in [1.82, 2.24) is 15.0 Å². The molecule has 1 N–H and O–H groups in total. The van der Waals surface area contributed by atoms with Crippen LogP contribution in [0, 0.1) is 0 Å². The number of hydrogen-bond acceptors (Lipinski definition) is 6. The average molecular weight is 381 g/mol. The van der Waals surface area contributed by atoms with Gasteiger partial charge < -0.3 is 14.5 Å². The molecule has 7 nitrogen and oxygen atoms in total. The third kappa shape index (κ3) is 4.35. The Kier molecular flexibility index (Phi) is 5.87. The summed E-state index contributed by atoms with van der Waals surface area (Å²) in [5.41, 5.74) is 4.69. The minimum Gasteiger partial charge on any atom is -0.545 e. The van der Waals surface area contributed by atoms with Crippen LogP contribution in [-0.2, 0) is 11.3 Å². The number of benzene rings is 2. The molecule has 0 fully saturated rings. The Morgan fingerprint density at radius 3 is 2.74 bits per heavy atom. The van der Waals surface area contributed by atoms with Gasteiger partial charge in [0.25, 0.3) is 5.91 Å². The maximum atomic E-state index is 12.0. The maximum Gasteiger partial charge on any atom is 0.250 e. The fourth-order valence-corrected chi connectivity index (χ4v) is 3.47. The number of amides is 1. The second-order valence-corrected chi connectivity index (χ2v) is 6.53. The molecule has 0 radical (unpaired) electrons. The highest BCUT2D eigenvalue weighted by Crippen LogP contribution is 2.23. The van der Waals surface area contributed by atoms with Crippen LogP contribution in [0.5, 0.6) is 0 Å². The van der Waals surface area contributed by atoms with Gasteiger partial charge in [0.15, 0.2) is 5.16 Å². The van der Waals surface area contributed by atoms with E-state index in [9.17, 15) is 14.7 Å². The number of aromatic nitrogens is 2. The number of fused-ring (bicyclic) bond motifs is 1. The minimum atomic E-state index is -1.29. The summed E-state index contributed by atoms with van der Waals surface area (Å²) in [6.07, 6.45) is 1.29. The van der Waals surface area contributed by atoms with Gasteiger partial charge in [-0.1, -0.05) is 48.2 Å². The number of carboxylic acids is 1. The second-order valence-electron chi connectivity index (χ2n) is 5.58. The highest BCUT2D eigenvalue weighted by Gasteiger charge is 2.11. The Morgan fingerprint density at radius 2 is 1.96 bits per heavy atom. The molecule has 0 saturated carbocycles. The lowest BCUT2D eigenvalue weighted by atomic mass is 10.1. The lowest BCUT2D eigenvalue weighted by Gasteiger charge is -2.06. The van der Waals surface area contributed by atoms with Gasteiger partial charge in [-0.25, -0.2) is 10.4 Å². The molecule has 138 valence electrons. The van der Waals surface area contributed by atoms with Gasteiger partial charge in [-0.3, -0.25) is 4.79 Å². The molecule has 8 heteroatoms. The van der Waals surface area contributed by atoms with Gasteiger partial charge in [0, 0.05) is 17.7 Å². The van der Waals surface area contributed by atoms with Crippen molar-refractivity contribution in [3.63, 3.8) is 0 Å². The fourth-order valence-electron chi connectivity index (χ4n) is 2.60. The number of hydrogen-bond donors (Lipinski definition) is 1. The monoisotopic (exact) mass is 381 g/mol. The van der Waals surface area contributed by atoms with Crippen molar-refractivity contribution in [2.75, 3.05) is 5.75 Å². The van der Waals surface area contributed by atoms with Gasteiger partial charge in [0.2, 0.25) is 0 Å². The first kappa shape index (κ1) is 18.7. The van der Waals surface area contributed by atoms with Gasteiger partial charge in [-0.15, -0.1) is 0 Å². The minimum absolute atomic E-state index is 0.0153. The summed E-state index contributed by atoms with van der Waals surface area (Å²) in [6, 6.07) is 14.1. The van der Waals surface area contributed by atoms with Crippen molar-refractivity contribution in [1.29, 1.82) is 0 Å². The van der Waals surface area contributed by atoms with E-state index in [1.807, 2.05) is 35.8 Å². The van der Waals surface area contributed by atoms with Crippen molar-refractivity contribution in [2.45, 2.75) is 18.6 Å². The molecule has 0 atom stereocenters. The van der Waals surface area contributed by atoms with Crippen molar-refractivity contribution in [3.8, 4) is 0 Å². The number of imidazole rings is 1. The standard InChI is InChI=1S/C19H18N4O3S/c1-2-23-16-10-6-5-9-15(16)21-19(23)27-12-17(24)22-20-11-13-7-3-4-8-14(13)18(25)26/h3-11H,2,12H2,1H3,(H,22,24)(H,25,26)/p-1/b20-11-. The molecule has 1 amide bonds. The molecule has 3 aromatic rings. The second kappa shape index (κ2) is 8.50. The van der Waals surface area contributed by atoms with Crippen LogP contribution in [0.15, 0.2) is 58.8 Å². The van der Waals surface area contributed by atoms with E-state index < -0.39 is 5.97 Å². The molecule has 0 aliphatic carbocycles. The maximum absolute atomic E-state index is 12.0. The van der Waals surface area contributed by atoms with E-state index in [0.29, 0.717) is 5.56 Å². The smallest absolute Gasteiger partial charge is 0.250 e. The molecule has 0 saturated heterocycles. The zero-order valence-electron chi connectivity index (χ0n) is 14.6. The van der Waals surface area contributed by atoms with Crippen LogP contribution in [0.2, 0.25) is 0 Å². The van der Waals surface area contributed by atoms with Crippen molar-refractivity contribution in [3.05, 3.63) is 59.7 Å². The van der Waals surface area contributed by atoms with E-state index in [2.05, 4.69) is 15.5 Å². The normalized spacial score (nSPS) is 11.1. The fraction of sp³-hybridized carbons (Fsp3) is 0.158. The summed E-state index contributed by atoms with van der Waals surface area (Å²) in [6.45, 7) is 2.78. The van der Waals surface area contributed by atoms with Crippen molar-refractivity contribution >= 4 is 40.9 Å². The number of hydrazone groups is 1. The predicted molar refractivity (Wildman–Crippen MR) is 103 cm³/mol. The van der Waals surface area contributed by atoms with E-state index in [1.54, 1.807) is 18.2 Å². The Bertz CT molecular complexity index is 1010. The molecular formula is C19H17N4O3S-. The number of nitrogens with zero attached hydrogens (tertiary/aromatic N) is 3. The number of aryl methyl sites for hydroxylation is 1. The molecule has 0 aliphatic rings. The molecule has 0 spiro atoms. The van der Waals surface area contributed by atoms with E-state index in [4.69, 9.17) is 0 Å². The number of nitrogens with one attached hydrogen (secondary N) is 1. The predicted octanol–water partition coefficient (Wildman–Crippen LogP) is 1.66. The number of carbonyl (C=O) groups is 2. The van der Waals surface area contributed by atoms with Crippen LogP contribution >= 0.6 is 11.8 Å². The van der Waals surface area contributed by atoms with Gasteiger partial charge >= 0.3 is 0 Å². The largest absolute Gasteiger partial charge is 0.545 e. The zero-order chi connectivity index (χ0) is 19.2. The molecular weight excluding hydrogens is 364 g/mol. The summed E-state index contributed by atoms with van der Waals surface area (Å²) in [5, 5.41) is 15.6. The molecule has 1 heterocycles. The Morgan fingerprint density at radius 1 is 1.22 bits per heavy atom. The van der Waals surface area contributed by atoms with Crippen molar-refractivity contribution in [2.24, 2.45) is 5.10 Å². The van der Waals surface area contributed by atoms with E-state index in [-0.39, 0.29) is 17.2 Å². The van der Waals surface area contributed by atoms with Gasteiger partial charge in [-0.2, -0.15) is 5.10 Å². The first-order valence-electron chi connectivity index (χ1n) is 8.30. The number of para-hydroxylation sites is 2. The SMILES string of the molecule is CCn1c(SCC(=O)N/N=C\c2ccccc2C(=O)[O-])nc2ccccc21. The Labute approximate surface area is 160 Å². The molecule has 27 heavy (non-hydrogen) atoms. The van der Waals surface area contributed by atoms with E-state index in [0.717, 1.165) is 22.7 Å². The highest BCUT2D eigenvalue weighted by atomic mass is 32.2. The molecule has 1 aromatic heterocycles. The van der Waals surface area contributed by atoms with Gasteiger partial charge in [0.1, 0.15) is 0 Å². The molecule has 3 rings (SSSR count).